The fourth-order valence-electron chi connectivity index (χ4n) is 1.45. The first-order chi connectivity index (χ1) is 9.61. The number of nitrogens with two attached hydrogens (primary N) is 1. The number of halogens is 6. The van der Waals surface area contributed by atoms with Crippen LogP contribution in [0.3, 0.4) is 0 Å². The highest BCUT2D eigenvalue weighted by molar-refractivity contribution is 9.10. The second-order valence-corrected chi connectivity index (χ2v) is 4.98. The van der Waals surface area contributed by atoms with Crippen molar-refractivity contribution in [1.82, 2.24) is 0 Å². The third-order valence-electron chi connectivity index (χ3n) is 2.63. The van der Waals surface area contributed by atoms with Crippen LogP contribution in [0.5, 0.6) is 5.75 Å². The van der Waals surface area contributed by atoms with Gasteiger partial charge in [0.15, 0.2) is 0 Å². The molecule has 1 aromatic carbocycles. The van der Waals surface area contributed by atoms with Crippen LogP contribution in [0.4, 0.5) is 22.0 Å². The summed E-state index contributed by atoms with van der Waals surface area (Å²) in [5.41, 5.74) is 4.69. The molecule has 1 rings (SSSR count). The van der Waals surface area contributed by atoms with Crippen molar-refractivity contribution >= 4 is 15.9 Å². The Morgan fingerprint density at radius 2 is 1.81 bits per heavy atom. The molecular weight excluding hydrogens is 365 g/mol. The first-order valence-corrected chi connectivity index (χ1v) is 6.52. The van der Waals surface area contributed by atoms with Crippen molar-refractivity contribution in [3.63, 3.8) is 0 Å². The SMILES string of the molecule is COCCOc1ccc(C(N)C(F)(F)C(F)(F)F)cc1Br. The molecule has 0 aliphatic heterocycles. The number of alkyl halides is 5. The van der Waals surface area contributed by atoms with E-state index in [0.29, 0.717) is 12.4 Å². The Bertz CT molecular complexity index is 481. The Morgan fingerprint density at radius 1 is 1.19 bits per heavy atom. The zero-order chi connectivity index (χ0) is 16.3. The average molecular weight is 378 g/mol. The third-order valence-corrected chi connectivity index (χ3v) is 3.25. The van der Waals surface area contributed by atoms with Gasteiger partial charge < -0.3 is 15.2 Å². The van der Waals surface area contributed by atoms with Crippen LogP contribution in [0.2, 0.25) is 0 Å². The topological polar surface area (TPSA) is 44.5 Å². The van der Waals surface area contributed by atoms with E-state index < -0.39 is 18.1 Å². The maximum Gasteiger partial charge on any atom is 0.455 e. The van der Waals surface area contributed by atoms with Crippen molar-refractivity contribution in [3.05, 3.63) is 28.2 Å². The zero-order valence-corrected chi connectivity index (χ0v) is 12.5. The van der Waals surface area contributed by atoms with Crippen LogP contribution in [-0.2, 0) is 4.74 Å². The minimum absolute atomic E-state index is 0.208. The minimum Gasteiger partial charge on any atom is -0.490 e. The Balaban J connectivity index is 2.93. The van der Waals surface area contributed by atoms with Gasteiger partial charge in [-0.05, 0) is 33.6 Å². The number of hydrogen-bond acceptors (Lipinski definition) is 3. The van der Waals surface area contributed by atoms with E-state index in [9.17, 15) is 22.0 Å². The summed E-state index contributed by atoms with van der Waals surface area (Å²) in [6.07, 6.45) is -5.72. The van der Waals surface area contributed by atoms with Crippen LogP contribution in [-0.4, -0.2) is 32.4 Å². The largest absolute Gasteiger partial charge is 0.490 e. The molecule has 0 bridgehead atoms. The molecule has 0 saturated carbocycles. The van der Waals surface area contributed by atoms with Crippen molar-refractivity contribution in [1.29, 1.82) is 0 Å². The van der Waals surface area contributed by atoms with Gasteiger partial charge in [0.1, 0.15) is 18.4 Å². The molecule has 2 N–H and O–H groups in total. The van der Waals surface area contributed by atoms with Crippen LogP contribution >= 0.6 is 15.9 Å². The van der Waals surface area contributed by atoms with Gasteiger partial charge in [-0.25, -0.2) is 0 Å². The lowest BCUT2D eigenvalue weighted by molar-refractivity contribution is -0.291. The standard InChI is InChI=1S/C12H13BrF5NO2/c1-20-4-5-21-9-3-2-7(6-8(9)13)10(19)11(14,15)12(16,17)18/h2-3,6,10H,4-5,19H2,1H3. The smallest absolute Gasteiger partial charge is 0.455 e. The first kappa shape index (κ1) is 18.1. The molecule has 3 nitrogen and oxygen atoms in total. The molecule has 0 spiro atoms. The van der Waals surface area contributed by atoms with Crippen LogP contribution < -0.4 is 10.5 Å². The summed E-state index contributed by atoms with van der Waals surface area (Å²) in [5, 5.41) is 0. The van der Waals surface area contributed by atoms with Gasteiger partial charge in [-0.3, -0.25) is 0 Å². The van der Waals surface area contributed by atoms with E-state index in [1.807, 2.05) is 0 Å². The van der Waals surface area contributed by atoms with Crippen molar-refractivity contribution in [2.24, 2.45) is 5.73 Å². The number of hydrogen-bond donors (Lipinski definition) is 1. The molecule has 21 heavy (non-hydrogen) atoms. The summed E-state index contributed by atoms with van der Waals surface area (Å²) in [5.74, 6) is -4.73. The Labute approximate surface area is 126 Å². The van der Waals surface area contributed by atoms with E-state index in [-0.39, 0.29) is 16.6 Å². The monoisotopic (exact) mass is 377 g/mol. The van der Waals surface area contributed by atoms with Crippen molar-refractivity contribution in [2.75, 3.05) is 20.3 Å². The number of benzene rings is 1. The fraction of sp³-hybridized carbons (Fsp3) is 0.500. The van der Waals surface area contributed by atoms with Gasteiger partial charge in [0, 0.05) is 7.11 Å². The molecule has 0 aliphatic rings. The summed E-state index contributed by atoms with van der Waals surface area (Å²) >= 11 is 3.04. The molecule has 0 aromatic heterocycles. The summed E-state index contributed by atoms with van der Waals surface area (Å²) in [6.45, 7) is 0.513. The quantitative estimate of drug-likeness (QED) is 0.607. The average Bonchev–Trinajstić information content (AvgIpc) is 2.38. The van der Waals surface area contributed by atoms with E-state index >= 15 is 0 Å². The molecule has 9 heteroatoms. The van der Waals surface area contributed by atoms with E-state index in [1.54, 1.807) is 0 Å². The first-order valence-electron chi connectivity index (χ1n) is 5.72. The van der Waals surface area contributed by atoms with Crippen molar-refractivity contribution in [2.45, 2.75) is 18.1 Å². The number of rotatable bonds is 6. The molecule has 0 fully saturated rings. The second kappa shape index (κ2) is 6.89. The molecule has 0 aliphatic carbocycles. The van der Waals surface area contributed by atoms with E-state index in [0.717, 1.165) is 12.1 Å². The Kier molecular flexibility index (Phi) is 5.94. The molecule has 0 amide bonds. The lowest BCUT2D eigenvalue weighted by Crippen LogP contribution is -2.45. The van der Waals surface area contributed by atoms with Crippen molar-refractivity contribution < 1.29 is 31.4 Å². The van der Waals surface area contributed by atoms with Gasteiger partial charge in [0.2, 0.25) is 0 Å². The predicted molar refractivity (Wildman–Crippen MR) is 69.4 cm³/mol. The third kappa shape index (κ3) is 4.27. The highest BCUT2D eigenvalue weighted by atomic mass is 79.9. The van der Waals surface area contributed by atoms with Gasteiger partial charge in [-0.15, -0.1) is 0 Å². The van der Waals surface area contributed by atoms with Crippen LogP contribution in [0.15, 0.2) is 22.7 Å². The van der Waals surface area contributed by atoms with E-state index in [4.69, 9.17) is 15.2 Å². The fourth-order valence-corrected chi connectivity index (χ4v) is 1.96. The molecule has 0 heterocycles. The molecular formula is C12H13BrF5NO2. The summed E-state index contributed by atoms with van der Waals surface area (Å²) in [6, 6.07) is 0.909. The van der Waals surface area contributed by atoms with Crippen LogP contribution in [0.1, 0.15) is 11.6 Å². The summed E-state index contributed by atoms with van der Waals surface area (Å²) in [4.78, 5) is 0. The van der Waals surface area contributed by atoms with Crippen LogP contribution in [0, 0.1) is 0 Å². The normalized spacial score (nSPS) is 14.1. The summed E-state index contributed by atoms with van der Waals surface area (Å²) < 4.78 is 73.4. The molecule has 1 atom stereocenters. The lowest BCUT2D eigenvalue weighted by atomic mass is 10.0. The molecule has 1 unspecified atom stereocenters. The molecule has 0 saturated heterocycles. The van der Waals surface area contributed by atoms with Gasteiger partial charge >= 0.3 is 12.1 Å². The Hall–Kier alpha value is -0.930. The van der Waals surface area contributed by atoms with Gasteiger partial charge in [0.25, 0.3) is 0 Å². The molecule has 0 radical (unpaired) electrons. The zero-order valence-electron chi connectivity index (χ0n) is 10.9. The minimum atomic E-state index is -5.72. The van der Waals surface area contributed by atoms with E-state index in [2.05, 4.69) is 15.9 Å². The number of methoxy groups -OCH3 is 1. The second-order valence-electron chi connectivity index (χ2n) is 4.13. The highest BCUT2D eigenvalue weighted by Crippen LogP contribution is 2.44. The maximum absolute atomic E-state index is 13.2. The highest BCUT2D eigenvalue weighted by Gasteiger charge is 2.61. The van der Waals surface area contributed by atoms with Gasteiger partial charge in [-0.1, -0.05) is 6.07 Å². The predicted octanol–water partition coefficient (Wildman–Crippen LogP) is 3.67. The van der Waals surface area contributed by atoms with Gasteiger partial charge in [0.05, 0.1) is 11.1 Å². The maximum atomic E-state index is 13.2. The van der Waals surface area contributed by atoms with Crippen molar-refractivity contribution in [3.8, 4) is 5.75 Å². The van der Waals surface area contributed by atoms with Gasteiger partial charge in [-0.2, -0.15) is 22.0 Å². The lowest BCUT2D eigenvalue weighted by Gasteiger charge is -2.26. The molecule has 120 valence electrons. The van der Waals surface area contributed by atoms with E-state index in [1.165, 1.54) is 13.2 Å². The van der Waals surface area contributed by atoms with Crippen LogP contribution in [0.25, 0.3) is 0 Å². The number of ether oxygens (including phenoxy) is 2. The summed E-state index contributed by atoms with van der Waals surface area (Å²) in [7, 11) is 1.47. The Morgan fingerprint density at radius 3 is 2.29 bits per heavy atom. The molecule has 1 aromatic rings.